The number of benzene rings is 1. The molecule has 6 heteroatoms. The minimum Gasteiger partial charge on any atom is -0.484 e. The van der Waals surface area contributed by atoms with Gasteiger partial charge in [0.05, 0.1) is 11.0 Å². The standard InChI is InChI=1S/C10H11NO5/c1-6(2)16-8-5-3-4-7(10(12)13)9(8)11(14)15/h3-6H,1-2H3,(H,12,13). The molecule has 0 spiro atoms. The van der Waals surface area contributed by atoms with Crippen LogP contribution in [0.2, 0.25) is 0 Å². The minimum absolute atomic E-state index is 0.0279. The lowest BCUT2D eigenvalue weighted by Crippen LogP contribution is -2.10. The van der Waals surface area contributed by atoms with E-state index in [0.717, 1.165) is 0 Å². The van der Waals surface area contributed by atoms with Gasteiger partial charge in [-0.25, -0.2) is 4.79 Å². The monoisotopic (exact) mass is 225 g/mol. The van der Waals surface area contributed by atoms with Gasteiger partial charge in [0, 0.05) is 0 Å². The molecule has 1 aromatic rings. The maximum Gasteiger partial charge on any atom is 0.342 e. The first-order valence-electron chi connectivity index (χ1n) is 4.61. The highest BCUT2D eigenvalue weighted by Crippen LogP contribution is 2.31. The van der Waals surface area contributed by atoms with E-state index >= 15 is 0 Å². The van der Waals surface area contributed by atoms with E-state index in [1.54, 1.807) is 13.8 Å². The Morgan fingerprint density at radius 1 is 1.50 bits per heavy atom. The van der Waals surface area contributed by atoms with E-state index in [-0.39, 0.29) is 17.4 Å². The Labute approximate surface area is 91.6 Å². The molecule has 0 bridgehead atoms. The molecule has 0 heterocycles. The first kappa shape index (κ1) is 12.0. The summed E-state index contributed by atoms with van der Waals surface area (Å²) >= 11 is 0. The third kappa shape index (κ3) is 2.47. The number of hydrogen-bond acceptors (Lipinski definition) is 4. The fraction of sp³-hybridized carbons (Fsp3) is 0.300. The van der Waals surface area contributed by atoms with Gasteiger partial charge in [0.25, 0.3) is 0 Å². The van der Waals surface area contributed by atoms with E-state index in [0.29, 0.717) is 0 Å². The second-order valence-corrected chi connectivity index (χ2v) is 3.38. The maximum absolute atomic E-state index is 10.8. The molecule has 0 fully saturated rings. The van der Waals surface area contributed by atoms with Crippen molar-refractivity contribution in [2.24, 2.45) is 0 Å². The van der Waals surface area contributed by atoms with E-state index in [9.17, 15) is 14.9 Å². The summed E-state index contributed by atoms with van der Waals surface area (Å²) in [4.78, 5) is 20.8. The molecular weight excluding hydrogens is 214 g/mol. The van der Waals surface area contributed by atoms with E-state index in [1.165, 1.54) is 18.2 Å². The van der Waals surface area contributed by atoms with E-state index < -0.39 is 16.6 Å². The normalized spacial score (nSPS) is 10.2. The van der Waals surface area contributed by atoms with Crippen LogP contribution in [-0.4, -0.2) is 22.1 Å². The van der Waals surface area contributed by atoms with Crippen molar-refractivity contribution in [1.29, 1.82) is 0 Å². The number of carboxylic acid groups (broad SMARTS) is 1. The summed E-state index contributed by atoms with van der Waals surface area (Å²) in [6, 6.07) is 3.96. The molecule has 0 aliphatic rings. The quantitative estimate of drug-likeness (QED) is 0.625. The molecule has 0 atom stereocenters. The summed E-state index contributed by atoms with van der Waals surface area (Å²) in [5.41, 5.74) is -0.883. The Morgan fingerprint density at radius 2 is 2.12 bits per heavy atom. The van der Waals surface area contributed by atoms with Gasteiger partial charge in [-0.05, 0) is 26.0 Å². The topological polar surface area (TPSA) is 89.7 Å². The van der Waals surface area contributed by atoms with Crippen molar-refractivity contribution in [3.63, 3.8) is 0 Å². The first-order valence-corrected chi connectivity index (χ1v) is 4.61. The van der Waals surface area contributed by atoms with Crippen molar-refractivity contribution in [3.8, 4) is 5.75 Å². The molecule has 86 valence electrons. The summed E-state index contributed by atoms with van der Waals surface area (Å²) in [5.74, 6) is -1.37. The number of nitrogens with zero attached hydrogens (tertiary/aromatic N) is 1. The van der Waals surface area contributed by atoms with Crippen LogP contribution in [0.15, 0.2) is 18.2 Å². The molecule has 6 nitrogen and oxygen atoms in total. The van der Waals surface area contributed by atoms with Crippen LogP contribution in [0.3, 0.4) is 0 Å². The molecule has 1 N–H and O–H groups in total. The molecule has 0 saturated carbocycles. The van der Waals surface area contributed by atoms with Gasteiger partial charge in [0.2, 0.25) is 0 Å². The fourth-order valence-electron chi connectivity index (χ4n) is 1.23. The molecule has 0 radical (unpaired) electrons. The molecule has 1 aromatic carbocycles. The van der Waals surface area contributed by atoms with Crippen molar-refractivity contribution >= 4 is 11.7 Å². The van der Waals surface area contributed by atoms with Crippen molar-refractivity contribution in [2.75, 3.05) is 0 Å². The van der Waals surface area contributed by atoms with Crippen LogP contribution in [0, 0.1) is 10.1 Å². The second kappa shape index (κ2) is 4.61. The predicted octanol–water partition coefficient (Wildman–Crippen LogP) is 2.08. The zero-order valence-corrected chi connectivity index (χ0v) is 8.84. The molecule has 0 aromatic heterocycles. The zero-order valence-electron chi connectivity index (χ0n) is 8.84. The van der Waals surface area contributed by atoms with Gasteiger partial charge < -0.3 is 9.84 Å². The number of carboxylic acids is 1. The molecule has 0 saturated heterocycles. The Kier molecular flexibility index (Phi) is 3.44. The first-order chi connectivity index (χ1) is 7.43. The number of hydrogen-bond donors (Lipinski definition) is 1. The summed E-state index contributed by atoms with van der Waals surface area (Å²) in [6.07, 6.45) is -0.261. The lowest BCUT2D eigenvalue weighted by atomic mass is 10.1. The molecule has 16 heavy (non-hydrogen) atoms. The third-order valence-corrected chi connectivity index (χ3v) is 1.77. The Bertz CT molecular complexity index is 427. The zero-order chi connectivity index (χ0) is 12.3. The largest absolute Gasteiger partial charge is 0.484 e. The Hall–Kier alpha value is -2.11. The van der Waals surface area contributed by atoms with Gasteiger partial charge in [0.1, 0.15) is 5.56 Å². The number of ether oxygens (including phenoxy) is 1. The average molecular weight is 225 g/mol. The maximum atomic E-state index is 10.8. The summed E-state index contributed by atoms with van der Waals surface area (Å²) in [6.45, 7) is 3.41. The predicted molar refractivity (Wildman–Crippen MR) is 55.8 cm³/mol. The highest BCUT2D eigenvalue weighted by atomic mass is 16.6. The van der Waals surface area contributed by atoms with Crippen molar-refractivity contribution in [2.45, 2.75) is 20.0 Å². The highest BCUT2D eigenvalue weighted by Gasteiger charge is 2.25. The summed E-state index contributed by atoms with van der Waals surface area (Å²) in [7, 11) is 0. The van der Waals surface area contributed by atoms with Crippen molar-refractivity contribution in [1.82, 2.24) is 0 Å². The molecule has 0 amide bonds. The van der Waals surface area contributed by atoms with Gasteiger partial charge in [-0.3, -0.25) is 10.1 Å². The number of para-hydroxylation sites is 1. The Balaban J connectivity index is 3.32. The second-order valence-electron chi connectivity index (χ2n) is 3.38. The van der Waals surface area contributed by atoms with Gasteiger partial charge in [-0.15, -0.1) is 0 Å². The summed E-state index contributed by atoms with van der Waals surface area (Å²) in [5, 5.41) is 19.6. The molecule has 0 aliphatic heterocycles. The Morgan fingerprint density at radius 3 is 2.56 bits per heavy atom. The van der Waals surface area contributed by atoms with E-state index in [4.69, 9.17) is 9.84 Å². The average Bonchev–Trinajstić information content (AvgIpc) is 2.15. The number of nitro benzene ring substituents is 1. The van der Waals surface area contributed by atoms with Gasteiger partial charge in [-0.2, -0.15) is 0 Å². The number of nitro groups is 1. The minimum atomic E-state index is -1.35. The van der Waals surface area contributed by atoms with Crippen LogP contribution in [-0.2, 0) is 0 Å². The third-order valence-electron chi connectivity index (χ3n) is 1.77. The summed E-state index contributed by atoms with van der Waals surface area (Å²) < 4.78 is 5.19. The van der Waals surface area contributed by atoms with Crippen molar-refractivity contribution in [3.05, 3.63) is 33.9 Å². The lowest BCUT2D eigenvalue weighted by Gasteiger charge is -2.10. The van der Waals surface area contributed by atoms with Crippen LogP contribution in [0.25, 0.3) is 0 Å². The van der Waals surface area contributed by atoms with E-state index in [2.05, 4.69) is 0 Å². The molecule has 0 unspecified atom stereocenters. The number of carbonyl (C=O) groups is 1. The van der Waals surface area contributed by atoms with Gasteiger partial charge in [0.15, 0.2) is 5.75 Å². The van der Waals surface area contributed by atoms with Crippen molar-refractivity contribution < 1.29 is 19.6 Å². The fourth-order valence-corrected chi connectivity index (χ4v) is 1.23. The SMILES string of the molecule is CC(C)Oc1cccc(C(=O)O)c1[N+](=O)[O-]. The number of rotatable bonds is 4. The lowest BCUT2D eigenvalue weighted by molar-refractivity contribution is -0.386. The van der Waals surface area contributed by atoms with Crippen LogP contribution in [0.1, 0.15) is 24.2 Å². The van der Waals surface area contributed by atoms with E-state index in [1.807, 2.05) is 0 Å². The van der Waals surface area contributed by atoms with Crippen LogP contribution < -0.4 is 4.74 Å². The smallest absolute Gasteiger partial charge is 0.342 e. The van der Waals surface area contributed by atoms with Crippen LogP contribution in [0.5, 0.6) is 5.75 Å². The van der Waals surface area contributed by atoms with Gasteiger partial charge >= 0.3 is 11.7 Å². The highest BCUT2D eigenvalue weighted by molar-refractivity contribution is 5.93. The number of aromatic carboxylic acids is 1. The molecular formula is C10H11NO5. The van der Waals surface area contributed by atoms with Crippen LogP contribution >= 0.6 is 0 Å². The molecule has 1 rings (SSSR count). The van der Waals surface area contributed by atoms with Gasteiger partial charge in [-0.1, -0.05) is 6.07 Å². The molecule has 0 aliphatic carbocycles. The van der Waals surface area contributed by atoms with Crippen LogP contribution in [0.4, 0.5) is 5.69 Å².